The predicted molar refractivity (Wildman–Crippen MR) is 154 cm³/mol. The molecule has 1 unspecified atom stereocenters. The summed E-state index contributed by atoms with van der Waals surface area (Å²) in [6, 6.07) is 7.48. The standard InChI is InChI=1S/C29H32Cl2N4O5/c1-16(18-7-8-20(30)25(31)17(18)2)9-21-19-10-23(24(38-6)11-22(19)33-15-32-21)35-14-29(40-27(35)37)12-34(13-29)26(36)39-28(3,4)5/h7-8,10-11,15-16H,9,12-14H2,1-6H3. The number of benzene rings is 2. The zero-order chi connectivity index (χ0) is 29.0. The third-order valence-electron chi connectivity index (χ3n) is 7.30. The lowest BCUT2D eigenvalue weighted by molar-refractivity contribution is -0.0779. The Morgan fingerprint density at radius 3 is 2.58 bits per heavy atom. The van der Waals surface area contributed by atoms with Crippen LogP contribution in [-0.4, -0.2) is 65.0 Å². The number of anilines is 1. The van der Waals surface area contributed by atoms with E-state index < -0.39 is 23.4 Å². The second-order valence-electron chi connectivity index (χ2n) is 11.5. The van der Waals surface area contributed by atoms with E-state index >= 15 is 0 Å². The Balaban J connectivity index is 1.42. The summed E-state index contributed by atoms with van der Waals surface area (Å²) in [5, 5.41) is 1.88. The van der Waals surface area contributed by atoms with Gasteiger partial charge in [-0.05, 0) is 63.3 Å². The zero-order valence-electron chi connectivity index (χ0n) is 23.4. The number of likely N-dealkylation sites (tertiary alicyclic amines) is 1. The molecule has 2 aliphatic rings. The molecule has 2 aliphatic heterocycles. The molecule has 0 radical (unpaired) electrons. The molecule has 2 amide bonds. The Labute approximate surface area is 243 Å². The van der Waals surface area contributed by atoms with E-state index in [0.29, 0.717) is 33.4 Å². The van der Waals surface area contributed by atoms with Gasteiger partial charge in [0.1, 0.15) is 17.7 Å². The number of ether oxygens (including phenoxy) is 3. The molecule has 0 bridgehead atoms. The van der Waals surface area contributed by atoms with Crippen LogP contribution in [0.15, 0.2) is 30.6 Å². The average molecular weight is 588 g/mol. The fraction of sp³-hybridized carbons (Fsp3) is 0.448. The summed E-state index contributed by atoms with van der Waals surface area (Å²) in [5.74, 6) is 0.579. The molecule has 5 rings (SSSR count). The number of hydrogen-bond acceptors (Lipinski definition) is 7. The molecule has 11 heteroatoms. The van der Waals surface area contributed by atoms with Crippen molar-refractivity contribution in [3.05, 3.63) is 57.5 Å². The minimum absolute atomic E-state index is 0.0900. The number of rotatable bonds is 5. The second kappa shape index (κ2) is 10.3. The van der Waals surface area contributed by atoms with Gasteiger partial charge in [-0.2, -0.15) is 0 Å². The quantitative estimate of drug-likeness (QED) is 0.334. The molecule has 0 saturated carbocycles. The molecular weight excluding hydrogens is 555 g/mol. The van der Waals surface area contributed by atoms with Crippen LogP contribution in [0.4, 0.5) is 15.3 Å². The number of hydrogen-bond donors (Lipinski definition) is 0. The predicted octanol–water partition coefficient (Wildman–Crippen LogP) is 6.55. The Morgan fingerprint density at radius 1 is 1.18 bits per heavy atom. The highest BCUT2D eigenvalue weighted by Crippen LogP contribution is 2.41. The summed E-state index contributed by atoms with van der Waals surface area (Å²) in [6.45, 7) is 10.3. The van der Waals surface area contributed by atoms with Crippen molar-refractivity contribution in [1.82, 2.24) is 14.9 Å². The van der Waals surface area contributed by atoms with E-state index in [2.05, 4.69) is 16.9 Å². The van der Waals surface area contributed by atoms with Crippen molar-refractivity contribution in [2.75, 3.05) is 31.6 Å². The number of nitrogens with zero attached hydrogens (tertiary/aromatic N) is 4. The van der Waals surface area contributed by atoms with Gasteiger partial charge in [0.15, 0.2) is 5.60 Å². The minimum atomic E-state index is -0.802. The smallest absolute Gasteiger partial charge is 0.415 e. The molecule has 3 aromatic rings. The van der Waals surface area contributed by atoms with Gasteiger partial charge in [-0.1, -0.05) is 36.2 Å². The Kier molecular flexibility index (Phi) is 7.25. The number of fused-ring (bicyclic) bond motifs is 1. The number of halogens is 2. The van der Waals surface area contributed by atoms with E-state index in [9.17, 15) is 9.59 Å². The molecule has 2 saturated heterocycles. The molecule has 1 aromatic heterocycles. The molecule has 2 fully saturated rings. The van der Waals surface area contributed by atoms with Crippen LogP contribution in [0, 0.1) is 6.92 Å². The molecule has 2 aromatic carbocycles. The second-order valence-corrected chi connectivity index (χ2v) is 12.3. The van der Waals surface area contributed by atoms with Crippen molar-refractivity contribution in [3.63, 3.8) is 0 Å². The first-order valence-corrected chi connectivity index (χ1v) is 13.8. The Hall–Kier alpha value is -3.30. The number of methoxy groups -OCH3 is 1. The van der Waals surface area contributed by atoms with Crippen LogP contribution in [0.5, 0.6) is 5.75 Å². The Bertz CT molecular complexity index is 1500. The van der Waals surface area contributed by atoms with E-state index in [4.69, 9.17) is 37.4 Å². The third kappa shape index (κ3) is 5.24. The highest BCUT2D eigenvalue weighted by atomic mass is 35.5. The van der Waals surface area contributed by atoms with E-state index in [1.54, 1.807) is 18.1 Å². The molecule has 212 valence electrons. The molecule has 40 heavy (non-hydrogen) atoms. The van der Waals surface area contributed by atoms with E-state index in [1.165, 1.54) is 11.2 Å². The lowest BCUT2D eigenvalue weighted by Crippen LogP contribution is -2.66. The Morgan fingerprint density at radius 2 is 1.90 bits per heavy atom. The van der Waals surface area contributed by atoms with Crippen molar-refractivity contribution >= 4 is 52.0 Å². The van der Waals surface area contributed by atoms with E-state index in [0.717, 1.165) is 22.2 Å². The number of carbonyl (C=O) groups excluding carboxylic acids is 2. The normalized spacial score (nSPS) is 17.1. The topological polar surface area (TPSA) is 94.1 Å². The fourth-order valence-electron chi connectivity index (χ4n) is 5.34. The number of carbonyl (C=O) groups is 2. The van der Waals surface area contributed by atoms with E-state index in [-0.39, 0.29) is 25.6 Å². The minimum Gasteiger partial charge on any atom is -0.494 e. The van der Waals surface area contributed by atoms with Crippen molar-refractivity contribution in [2.24, 2.45) is 0 Å². The van der Waals surface area contributed by atoms with Crippen molar-refractivity contribution in [2.45, 2.75) is 58.2 Å². The van der Waals surface area contributed by atoms with Crippen LogP contribution >= 0.6 is 23.2 Å². The maximum absolute atomic E-state index is 13.1. The van der Waals surface area contributed by atoms with Gasteiger partial charge in [0.2, 0.25) is 0 Å². The number of amides is 2. The molecular formula is C29H32Cl2N4O5. The molecule has 9 nitrogen and oxygen atoms in total. The molecule has 3 heterocycles. The third-order valence-corrected chi connectivity index (χ3v) is 8.20. The van der Waals surface area contributed by atoms with Gasteiger partial charge in [-0.15, -0.1) is 0 Å². The van der Waals surface area contributed by atoms with Gasteiger partial charge in [-0.25, -0.2) is 19.6 Å². The van der Waals surface area contributed by atoms with Crippen LogP contribution in [0.25, 0.3) is 10.9 Å². The summed E-state index contributed by atoms with van der Waals surface area (Å²) in [5.41, 5.74) is 2.70. The first-order chi connectivity index (χ1) is 18.8. The van der Waals surface area contributed by atoms with Crippen molar-refractivity contribution in [1.29, 1.82) is 0 Å². The summed E-state index contributed by atoms with van der Waals surface area (Å²) in [7, 11) is 1.55. The van der Waals surface area contributed by atoms with Crippen molar-refractivity contribution < 1.29 is 23.8 Å². The monoisotopic (exact) mass is 586 g/mol. The lowest BCUT2D eigenvalue weighted by Gasteiger charge is -2.45. The van der Waals surface area contributed by atoms with Gasteiger partial charge >= 0.3 is 12.2 Å². The van der Waals surface area contributed by atoms with Gasteiger partial charge in [0, 0.05) is 11.5 Å². The van der Waals surface area contributed by atoms with Crippen LogP contribution in [0.3, 0.4) is 0 Å². The van der Waals surface area contributed by atoms with Crippen LogP contribution in [0.1, 0.15) is 50.4 Å². The van der Waals surface area contributed by atoms with Gasteiger partial charge in [0.25, 0.3) is 0 Å². The summed E-state index contributed by atoms with van der Waals surface area (Å²) >= 11 is 12.6. The first kappa shape index (κ1) is 28.2. The summed E-state index contributed by atoms with van der Waals surface area (Å²) < 4.78 is 16.9. The summed E-state index contributed by atoms with van der Waals surface area (Å²) in [6.07, 6.45) is 1.22. The van der Waals surface area contributed by atoms with Crippen LogP contribution in [-0.2, 0) is 15.9 Å². The zero-order valence-corrected chi connectivity index (χ0v) is 24.9. The maximum Gasteiger partial charge on any atom is 0.415 e. The average Bonchev–Trinajstić information content (AvgIpc) is 3.22. The highest BCUT2D eigenvalue weighted by Gasteiger charge is 2.56. The molecule has 0 N–H and O–H groups in total. The molecule has 0 aliphatic carbocycles. The van der Waals surface area contributed by atoms with Gasteiger partial charge in [-0.3, -0.25) is 9.80 Å². The van der Waals surface area contributed by atoms with Crippen molar-refractivity contribution in [3.8, 4) is 5.75 Å². The SMILES string of the molecule is COc1cc2ncnc(CC(C)c3ccc(Cl)c(Cl)c3C)c2cc1N1CC2(CN(C(=O)OC(C)(C)C)C2)OC1=O. The molecule has 1 spiro atoms. The van der Waals surface area contributed by atoms with E-state index in [1.807, 2.05) is 45.9 Å². The van der Waals surface area contributed by atoms with Gasteiger partial charge < -0.3 is 14.2 Å². The number of aromatic nitrogens is 2. The van der Waals surface area contributed by atoms with Crippen LogP contribution in [0.2, 0.25) is 10.0 Å². The van der Waals surface area contributed by atoms with Crippen LogP contribution < -0.4 is 9.64 Å². The largest absolute Gasteiger partial charge is 0.494 e. The lowest BCUT2D eigenvalue weighted by atomic mass is 9.91. The summed E-state index contributed by atoms with van der Waals surface area (Å²) in [4.78, 5) is 37.7. The first-order valence-electron chi connectivity index (χ1n) is 13.1. The van der Waals surface area contributed by atoms with Gasteiger partial charge in [0.05, 0.1) is 53.7 Å². The maximum atomic E-state index is 13.1. The molecule has 1 atom stereocenters. The fourth-order valence-corrected chi connectivity index (χ4v) is 5.72. The highest BCUT2D eigenvalue weighted by molar-refractivity contribution is 6.42.